The number of nitrogens with one attached hydrogen (secondary N) is 1. The van der Waals surface area contributed by atoms with E-state index < -0.39 is 11.7 Å². The fourth-order valence-electron chi connectivity index (χ4n) is 5.07. The Morgan fingerprint density at radius 3 is 2.67 bits per heavy atom. The van der Waals surface area contributed by atoms with Crippen LogP contribution in [0.25, 0.3) is 10.6 Å². The molecule has 3 aromatic rings. The van der Waals surface area contributed by atoms with Gasteiger partial charge in [0.2, 0.25) is 5.95 Å². The summed E-state index contributed by atoms with van der Waals surface area (Å²) >= 11 is 2.89. The molecule has 1 aliphatic carbocycles. The third-order valence-corrected chi connectivity index (χ3v) is 9.82. The SMILES string of the molecule is CC1OCCSc2cc(-c3nc(Nc4ccc(N5CCN(CCO)CC5)nc4C4CC4)ncc3C(F)(F)F)sc21. The van der Waals surface area contributed by atoms with E-state index in [1.54, 1.807) is 17.8 Å². The molecule has 1 atom stereocenters. The topological polar surface area (TPSA) is 86.6 Å². The number of hydrogen-bond acceptors (Lipinski definition) is 10. The molecule has 1 saturated heterocycles. The standard InChI is InChI=1S/C27H31F3N6O2S2/c1-16-25-21(39-13-12-38-16)14-20(40-25)24-18(27(28,29)30)15-31-26(34-24)32-19-4-5-22(33-23(19)17-2-3-17)36-8-6-35(7-9-36)10-11-37/h4-5,14-17,37H,2-3,6-13H2,1H3,(H,31,32,34). The van der Waals surface area contributed by atoms with Gasteiger partial charge in [-0.25, -0.2) is 15.0 Å². The highest BCUT2D eigenvalue weighted by Crippen LogP contribution is 2.46. The number of aliphatic hydroxyl groups is 1. The summed E-state index contributed by atoms with van der Waals surface area (Å²) < 4.78 is 47.9. The number of alkyl halides is 3. The quantitative estimate of drug-likeness (QED) is 0.367. The first-order chi connectivity index (χ1) is 19.3. The highest BCUT2D eigenvalue weighted by Gasteiger charge is 2.37. The van der Waals surface area contributed by atoms with Gasteiger partial charge < -0.3 is 20.1 Å². The molecule has 3 aliphatic rings. The van der Waals surface area contributed by atoms with Crippen molar-refractivity contribution in [1.29, 1.82) is 0 Å². The van der Waals surface area contributed by atoms with Gasteiger partial charge in [0.05, 0.1) is 41.3 Å². The second-order valence-electron chi connectivity index (χ2n) is 10.2. The number of halogens is 3. The van der Waals surface area contributed by atoms with Crippen molar-refractivity contribution in [3.05, 3.63) is 40.5 Å². The summed E-state index contributed by atoms with van der Waals surface area (Å²) in [6.45, 7) is 6.72. The second kappa shape index (κ2) is 11.4. The maximum absolute atomic E-state index is 14.0. The largest absolute Gasteiger partial charge is 0.420 e. The number of thiophene rings is 1. The lowest BCUT2D eigenvalue weighted by Crippen LogP contribution is -2.47. The number of hydrogen-bond donors (Lipinski definition) is 2. The molecule has 5 heterocycles. The smallest absolute Gasteiger partial charge is 0.395 e. The van der Waals surface area contributed by atoms with Crippen molar-refractivity contribution in [2.75, 3.05) is 61.9 Å². The van der Waals surface area contributed by atoms with E-state index in [2.05, 4.69) is 25.1 Å². The van der Waals surface area contributed by atoms with E-state index in [1.165, 1.54) is 11.3 Å². The first-order valence-corrected chi connectivity index (χ1v) is 15.3. The van der Waals surface area contributed by atoms with E-state index in [9.17, 15) is 18.3 Å². The lowest BCUT2D eigenvalue weighted by molar-refractivity contribution is -0.137. The molecule has 0 amide bonds. The van der Waals surface area contributed by atoms with Gasteiger partial charge >= 0.3 is 6.18 Å². The first kappa shape index (κ1) is 27.7. The zero-order valence-corrected chi connectivity index (χ0v) is 23.7. The zero-order chi connectivity index (χ0) is 27.9. The van der Waals surface area contributed by atoms with Crippen molar-refractivity contribution in [2.45, 2.75) is 42.9 Å². The van der Waals surface area contributed by atoms with E-state index in [4.69, 9.17) is 9.72 Å². The summed E-state index contributed by atoms with van der Waals surface area (Å²) in [5.41, 5.74) is 0.624. The molecule has 0 radical (unpaired) electrons. The van der Waals surface area contributed by atoms with Crippen molar-refractivity contribution in [2.24, 2.45) is 0 Å². The third kappa shape index (κ3) is 5.94. The Bertz CT molecular complexity index is 1360. The summed E-state index contributed by atoms with van der Waals surface area (Å²) in [5.74, 6) is 2.05. The highest BCUT2D eigenvalue weighted by molar-refractivity contribution is 7.99. The molecule has 3 aromatic heterocycles. The minimum atomic E-state index is -4.59. The number of aliphatic hydroxyl groups excluding tert-OH is 1. The lowest BCUT2D eigenvalue weighted by Gasteiger charge is -2.35. The molecule has 0 aromatic carbocycles. The number of rotatable bonds is 7. The van der Waals surface area contributed by atoms with E-state index in [-0.39, 0.29) is 24.4 Å². The molecule has 6 rings (SSSR count). The van der Waals surface area contributed by atoms with Gasteiger partial charge in [0, 0.05) is 60.4 Å². The second-order valence-corrected chi connectivity index (χ2v) is 12.4. The molecular weight excluding hydrogens is 561 g/mol. The Morgan fingerprint density at radius 2 is 1.95 bits per heavy atom. The molecule has 0 spiro atoms. The van der Waals surface area contributed by atoms with E-state index in [1.807, 2.05) is 19.1 Å². The van der Waals surface area contributed by atoms with Crippen LogP contribution >= 0.6 is 23.1 Å². The van der Waals surface area contributed by atoms with Gasteiger partial charge in [-0.1, -0.05) is 0 Å². The number of β-amino-alcohol motifs (C(OH)–C–C–N with tert-alkyl or cyclic N) is 1. The Balaban J connectivity index is 1.29. The van der Waals surface area contributed by atoms with Crippen molar-refractivity contribution < 1.29 is 23.0 Å². The molecule has 2 aliphatic heterocycles. The number of thioether (sulfide) groups is 1. The first-order valence-electron chi connectivity index (χ1n) is 13.5. The monoisotopic (exact) mass is 592 g/mol. The molecule has 8 nitrogen and oxygen atoms in total. The zero-order valence-electron chi connectivity index (χ0n) is 22.1. The van der Waals surface area contributed by atoms with Crippen LogP contribution < -0.4 is 10.2 Å². The number of pyridine rings is 1. The Hall–Kier alpha value is -2.45. The predicted molar refractivity (Wildman–Crippen MR) is 151 cm³/mol. The molecule has 40 heavy (non-hydrogen) atoms. The predicted octanol–water partition coefficient (Wildman–Crippen LogP) is 5.54. The highest BCUT2D eigenvalue weighted by atomic mass is 32.2. The number of ether oxygens (including phenoxy) is 1. The number of piperazine rings is 1. The Morgan fingerprint density at radius 1 is 1.15 bits per heavy atom. The molecule has 2 fully saturated rings. The normalized spacial score (nSPS) is 20.3. The van der Waals surface area contributed by atoms with E-state index in [0.717, 1.165) is 77.9 Å². The van der Waals surface area contributed by atoms with Gasteiger partial charge in [-0.15, -0.1) is 23.1 Å². The van der Waals surface area contributed by atoms with Crippen LogP contribution in [-0.2, 0) is 10.9 Å². The van der Waals surface area contributed by atoms with Crippen LogP contribution in [0.5, 0.6) is 0 Å². The maximum Gasteiger partial charge on any atom is 0.420 e. The summed E-state index contributed by atoms with van der Waals surface area (Å²) in [6.07, 6.45) is -1.86. The van der Waals surface area contributed by atoms with Crippen LogP contribution in [0.4, 0.5) is 30.6 Å². The fourth-order valence-corrected chi connectivity index (χ4v) is 7.41. The van der Waals surface area contributed by atoms with Gasteiger partial charge in [0.25, 0.3) is 0 Å². The Kier molecular flexibility index (Phi) is 7.92. The van der Waals surface area contributed by atoms with E-state index >= 15 is 0 Å². The average molecular weight is 593 g/mol. The van der Waals surface area contributed by atoms with Gasteiger partial charge in [-0.2, -0.15) is 13.2 Å². The molecule has 2 N–H and O–H groups in total. The van der Waals surface area contributed by atoms with Gasteiger partial charge in [-0.05, 0) is 38.0 Å². The van der Waals surface area contributed by atoms with Gasteiger partial charge in [0.15, 0.2) is 0 Å². The van der Waals surface area contributed by atoms with Crippen molar-refractivity contribution in [3.63, 3.8) is 0 Å². The fraction of sp³-hybridized carbons (Fsp3) is 0.519. The number of fused-ring (bicyclic) bond motifs is 1. The summed E-state index contributed by atoms with van der Waals surface area (Å²) in [4.78, 5) is 20.2. The summed E-state index contributed by atoms with van der Waals surface area (Å²) in [7, 11) is 0. The number of anilines is 3. The minimum absolute atomic E-state index is 0.109. The maximum atomic E-state index is 14.0. The van der Waals surface area contributed by atoms with E-state index in [0.29, 0.717) is 23.9 Å². The summed E-state index contributed by atoms with van der Waals surface area (Å²) in [5, 5.41) is 12.4. The minimum Gasteiger partial charge on any atom is -0.395 e. The number of nitrogens with zero attached hydrogens (tertiary/aromatic N) is 5. The van der Waals surface area contributed by atoms with Crippen LogP contribution in [-0.4, -0.2) is 76.6 Å². The van der Waals surface area contributed by atoms with Crippen LogP contribution in [0.2, 0.25) is 0 Å². The van der Waals surface area contributed by atoms with Crippen molar-refractivity contribution >= 4 is 40.6 Å². The molecule has 0 bridgehead atoms. The average Bonchev–Trinajstić information content (AvgIpc) is 3.72. The van der Waals surface area contributed by atoms with Crippen LogP contribution in [0.3, 0.4) is 0 Å². The summed E-state index contributed by atoms with van der Waals surface area (Å²) in [6, 6.07) is 5.67. The van der Waals surface area contributed by atoms with Gasteiger partial charge in [0.1, 0.15) is 11.4 Å². The molecule has 214 valence electrons. The molecule has 1 unspecified atom stereocenters. The molecule has 13 heteroatoms. The van der Waals surface area contributed by atoms with Crippen LogP contribution in [0.15, 0.2) is 29.3 Å². The third-order valence-electron chi connectivity index (χ3n) is 7.36. The van der Waals surface area contributed by atoms with Crippen LogP contribution in [0, 0.1) is 0 Å². The Labute approximate surface area is 239 Å². The molecule has 1 saturated carbocycles. The number of aromatic nitrogens is 3. The lowest BCUT2D eigenvalue weighted by atomic mass is 10.2. The molecular formula is C27H31F3N6O2S2. The van der Waals surface area contributed by atoms with Gasteiger partial charge in [-0.3, -0.25) is 4.90 Å². The van der Waals surface area contributed by atoms with Crippen LogP contribution in [0.1, 0.15) is 47.9 Å². The van der Waals surface area contributed by atoms with Crippen molar-refractivity contribution in [3.8, 4) is 10.6 Å². The van der Waals surface area contributed by atoms with Crippen molar-refractivity contribution in [1.82, 2.24) is 19.9 Å².